The predicted octanol–water partition coefficient (Wildman–Crippen LogP) is 2.79. The first-order chi connectivity index (χ1) is 10.6. The molecule has 7 heteroatoms. The topological polar surface area (TPSA) is 88.5 Å². The van der Waals surface area contributed by atoms with E-state index in [0.717, 1.165) is 15.5 Å². The lowest BCUT2D eigenvalue weighted by Gasteiger charge is -2.24. The molecule has 110 valence electrons. The van der Waals surface area contributed by atoms with Crippen molar-refractivity contribution in [2.75, 3.05) is 5.32 Å². The van der Waals surface area contributed by atoms with Gasteiger partial charge >= 0.3 is 0 Å². The fraction of sp³-hybridized carbons (Fsp3) is 0.0667. The van der Waals surface area contributed by atoms with Crippen LogP contribution in [0.1, 0.15) is 11.7 Å². The SMILES string of the molecule is NC1=N[C@@H](c2cc(Br)ccc2O)n2c(nc3ccccc32)N1. The molecular formula is C15H12BrN5O. The van der Waals surface area contributed by atoms with E-state index in [2.05, 4.69) is 31.2 Å². The van der Waals surface area contributed by atoms with Crippen molar-refractivity contribution >= 4 is 38.9 Å². The van der Waals surface area contributed by atoms with Crippen LogP contribution in [0.15, 0.2) is 51.9 Å². The van der Waals surface area contributed by atoms with Crippen molar-refractivity contribution in [3.8, 4) is 5.75 Å². The lowest BCUT2D eigenvalue weighted by atomic mass is 10.1. The highest BCUT2D eigenvalue weighted by Gasteiger charge is 2.26. The summed E-state index contributed by atoms with van der Waals surface area (Å²) in [5.74, 6) is 1.04. The second kappa shape index (κ2) is 4.74. The van der Waals surface area contributed by atoms with Crippen LogP contribution in [-0.2, 0) is 0 Å². The third-order valence-corrected chi connectivity index (χ3v) is 4.10. The van der Waals surface area contributed by atoms with Crippen molar-refractivity contribution in [3.05, 3.63) is 52.5 Å². The van der Waals surface area contributed by atoms with Gasteiger partial charge in [-0.05, 0) is 30.3 Å². The molecule has 2 aromatic carbocycles. The molecule has 0 aliphatic carbocycles. The maximum absolute atomic E-state index is 10.2. The summed E-state index contributed by atoms with van der Waals surface area (Å²) in [4.78, 5) is 8.97. The highest BCUT2D eigenvalue weighted by Crippen LogP contribution is 2.36. The third kappa shape index (κ3) is 1.93. The number of benzene rings is 2. The van der Waals surface area contributed by atoms with Crippen LogP contribution >= 0.6 is 15.9 Å². The molecule has 3 aromatic rings. The highest BCUT2D eigenvalue weighted by molar-refractivity contribution is 9.10. The van der Waals surface area contributed by atoms with Crippen LogP contribution in [0.5, 0.6) is 5.75 Å². The number of nitrogens with two attached hydrogens (primary N) is 1. The van der Waals surface area contributed by atoms with Gasteiger partial charge < -0.3 is 10.8 Å². The zero-order chi connectivity index (χ0) is 15.3. The van der Waals surface area contributed by atoms with E-state index in [4.69, 9.17) is 5.73 Å². The molecule has 0 saturated carbocycles. The number of hydrogen-bond acceptors (Lipinski definition) is 5. The molecule has 0 saturated heterocycles. The fourth-order valence-corrected chi connectivity index (χ4v) is 3.04. The number of phenols is 1. The van der Waals surface area contributed by atoms with Gasteiger partial charge in [0.1, 0.15) is 5.75 Å². The fourth-order valence-electron chi connectivity index (χ4n) is 2.66. The molecule has 22 heavy (non-hydrogen) atoms. The summed E-state index contributed by atoms with van der Waals surface area (Å²) in [7, 11) is 0. The number of fused-ring (bicyclic) bond motifs is 3. The molecule has 0 spiro atoms. The molecule has 4 N–H and O–H groups in total. The van der Waals surface area contributed by atoms with E-state index in [1.807, 2.05) is 34.9 Å². The first-order valence-electron chi connectivity index (χ1n) is 6.69. The summed E-state index contributed by atoms with van der Waals surface area (Å²) in [5.41, 5.74) is 8.30. The third-order valence-electron chi connectivity index (χ3n) is 3.61. The molecule has 1 aliphatic heterocycles. The molecule has 4 rings (SSSR count). The van der Waals surface area contributed by atoms with Crippen LogP contribution < -0.4 is 11.1 Å². The van der Waals surface area contributed by atoms with Crippen molar-refractivity contribution in [1.82, 2.24) is 9.55 Å². The molecule has 0 amide bonds. The van der Waals surface area contributed by atoms with Crippen LogP contribution in [0.25, 0.3) is 11.0 Å². The summed E-state index contributed by atoms with van der Waals surface area (Å²) >= 11 is 3.43. The van der Waals surface area contributed by atoms with Crippen LogP contribution in [0.3, 0.4) is 0 Å². The van der Waals surface area contributed by atoms with Crippen LogP contribution in [0.4, 0.5) is 5.95 Å². The average molecular weight is 358 g/mol. The Labute approximate surface area is 134 Å². The Bertz CT molecular complexity index is 917. The number of halogens is 1. The van der Waals surface area contributed by atoms with Gasteiger partial charge in [-0.3, -0.25) is 9.88 Å². The van der Waals surface area contributed by atoms with Crippen molar-refractivity contribution in [2.24, 2.45) is 10.7 Å². The van der Waals surface area contributed by atoms with Gasteiger partial charge in [-0.25, -0.2) is 9.98 Å². The molecular weight excluding hydrogens is 346 g/mol. The normalized spacial score (nSPS) is 17.0. The summed E-state index contributed by atoms with van der Waals surface area (Å²) in [6.45, 7) is 0. The van der Waals surface area contributed by atoms with Crippen molar-refractivity contribution in [3.63, 3.8) is 0 Å². The zero-order valence-corrected chi connectivity index (χ0v) is 12.9. The minimum Gasteiger partial charge on any atom is -0.508 e. The van der Waals surface area contributed by atoms with Crippen molar-refractivity contribution in [1.29, 1.82) is 0 Å². The number of aliphatic imine (C=N–C) groups is 1. The Balaban J connectivity index is 2.00. The minimum absolute atomic E-state index is 0.162. The minimum atomic E-state index is -0.471. The van der Waals surface area contributed by atoms with Crippen molar-refractivity contribution in [2.45, 2.75) is 6.17 Å². The number of aromatic nitrogens is 2. The Hall–Kier alpha value is -2.54. The van der Waals surface area contributed by atoms with Crippen LogP contribution in [0.2, 0.25) is 0 Å². The maximum Gasteiger partial charge on any atom is 0.212 e. The largest absolute Gasteiger partial charge is 0.508 e. The standard InChI is InChI=1S/C15H12BrN5O/c16-8-5-6-12(22)9(7-8)13-19-14(17)20-15-18-10-3-1-2-4-11(10)21(13)15/h1-7,13,22H,(H3,17,18,19,20)/t13-/m1/s1. The van der Waals surface area contributed by atoms with Gasteiger partial charge in [0.2, 0.25) is 5.95 Å². The Kier molecular flexibility index (Phi) is 2.83. The van der Waals surface area contributed by atoms with E-state index in [1.54, 1.807) is 12.1 Å². The number of aromatic hydroxyl groups is 1. The summed E-state index contributed by atoms with van der Waals surface area (Å²) in [6, 6.07) is 13.0. The van der Waals surface area contributed by atoms with E-state index >= 15 is 0 Å². The number of imidazole rings is 1. The van der Waals surface area contributed by atoms with E-state index < -0.39 is 6.17 Å². The molecule has 6 nitrogen and oxygen atoms in total. The van der Waals surface area contributed by atoms with Gasteiger partial charge in [0.15, 0.2) is 12.1 Å². The molecule has 0 fully saturated rings. The number of anilines is 1. The number of para-hydroxylation sites is 2. The average Bonchev–Trinajstić information content (AvgIpc) is 2.87. The van der Waals surface area contributed by atoms with E-state index in [1.165, 1.54) is 0 Å². The number of guanidine groups is 1. The van der Waals surface area contributed by atoms with Crippen molar-refractivity contribution < 1.29 is 5.11 Å². The van der Waals surface area contributed by atoms with Gasteiger partial charge in [-0.1, -0.05) is 28.1 Å². The van der Waals surface area contributed by atoms with Gasteiger partial charge in [0.05, 0.1) is 11.0 Å². The van der Waals surface area contributed by atoms with Gasteiger partial charge in [-0.2, -0.15) is 0 Å². The lowest BCUT2D eigenvalue weighted by Crippen LogP contribution is -2.31. The smallest absolute Gasteiger partial charge is 0.212 e. The van der Waals surface area contributed by atoms with E-state index in [0.29, 0.717) is 11.5 Å². The van der Waals surface area contributed by atoms with Gasteiger partial charge in [0, 0.05) is 10.0 Å². The van der Waals surface area contributed by atoms with Crippen LogP contribution in [0, 0.1) is 0 Å². The molecule has 0 radical (unpaired) electrons. The Morgan fingerprint density at radius 3 is 2.91 bits per heavy atom. The Morgan fingerprint density at radius 1 is 1.23 bits per heavy atom. The predicted molar refractivity (Wildman–Crippen MR) is 88.9 cm³/mol. The van der Waals surface area contributed by atoms with Gasteiger partial charge in [-0.15, -0.1) is 0 Å². The van der Waals surface area contributed by atoms with E-state index in [9.17, 15) is 5.11 Å². The highest BCUT2D eigenvalue weighted by atomic mass is 79.9. The molecule has 1 atom stereocenters. The van der Waals surface area contributed by atoms with Crippen LogP contribution in [-0.4, -0.2) is 20.6 Å². The first kappa shape index (κ1) is 13.1. The number of nitrogens with one attached hydrogen (secondary N) is 1. The lowest BCUT2D eigenvalue weighted by molar-refractivity contribution is 0.455. The Morgan fingerprint density at radius 2 is 2.05 bits per heavy atom. The quantitative estimate of drug-likeness (QED) is 0.624. The number of phenolic OH excluding ortho intramolecular Hbond substituents is 1. The van der Waals surface area contributed by atoms with Gasteiger partial charge in [0.25, 0.3) is 0 Å². The second-order valence-electron chi connectivity index (χ2n) is 5.01. The molecule has 1 aromatic heterocycles. The summed E-state index contributed by atoms with van der Waals surface area (Å²) in [5, 5.41) is 13.2. The molecule has 1 aliphatic rings. The maximum atomic E-state index is 10.2. The second-order valence-corrected chi connectivity index (χ2v) is 5.93. The zero-order valence-electron chi connectivity index (χ0n) is 11.4. The number of hydrogen-bond donors (Lipinski definition) is 3. The molecule has 0 unspecified atom stereocenters. The number of nitrogens with zero attached hydrogens (tertiary/aromatic N) is 3. The molecule has 2 heterocycles. The monoisotopic (exact) mass is 357 g/mol. The summed E-state index contributed by atoms with van der Waals surface area (Å²) < 4.78 is 2.78. The summed E-state index contributed by atoms with van der Waals surface area (Å²) in [6.07, 6.45) is -0.471. The van der Waals surface area contributed by atoms with E-state index in [-0.39, 0.29) is 11.7 Å². The number of rotatable bonds is 1. The first-order valence-corrected chi connectivity index (χ1v) is 7.48. The molecule has 0 bridgehead atoms.